The summed E-state index contributed by atoms with van der Waals surface area (Å²) >= 11 is 0. The summed E-state index contributed by atoms with van der Waals surface area (Å²) in [7, 11) is 4.07. The van der Waals surface area contributed by atoms with Gasteiger partial charge in [-0.05, 0) is 50.3 Å². The molecule has 182 valence electrons. The molecule has 1 saturated carbocycles. The van der Waals surface area contributed by atoms with Crippen molar-refractivity contribution in [1.82, 2.24) is 20.5 Å². The van der Waals surface area contributed by atoms with E-state index in [4.69, 9.17) is 9.98 Å². The van der Waals surface area contributed by atoms with Gasteiger partial charge in [0, 0.05) is 51.2 Å². The van der Waals surface area contributed by atoms with Crippen molar-refractivity contribution in [2.45, 2.75) is 70.5 Å². The van der Waals surface area contributed by atoms with Crippen LogP contribution in [-0.4, -0.2) is 61.7 Å². The van der Waals surface area contributed by atoms with E-state index in [1.165, 1.54) is 69.0 Å². The topological polar surface area (TPSA) is 55.8 Å². The first kappa shape index (κ1) is 26.0. The van der Waals surface area contributed by atoms with Gasteiger partial charge in [0.05, 0.1) is 12.1 Å². The molecule has 4 rings (SSSR count). The predicted molar refractivity (Wildman–Crippen MR) is 151 cm³/mol. The zero-order chi connectivity index (χ0) is 22.3. The maximum atomic E-state index is 4.97. The third-order valence-electron chi connectivity index (χ3n) is 6.96. The lowest BCUT2D eigenvalue weighted by atomic mass is 9.92. The first-order chi connectivity index (χ1) is 15.6. The number of para-hydroxylation sites is 1. The highest BCUT2D eigenvalue weighted by Crippen LogP contribution is 2.26. The molecule has 0 unspecified atom stereocenters. The number of aromatic nitrogens is 1. The van der Waals surface area contributed by atoms with E-state index in [1.54, 1.807) is 0 Å². The van der Waals surface area contributed by atoms with E-state index >= 15 is 0 Å². The zero-order valence-electron chi connectivity index (χ0n) is 20.5. The number of halogens is 1. The van der Waals surface area contributed by atoms with Crippen molar-refractivity contribution >= 4 is 46.7 Å². The van der Waals surface area contributed by atoms with Crippen LogP contribution in [0.2, 0.25) is 0 Å². The summed E-state index contributed by atoms with van der Waals surface area (Å²) < 4.78 is 0. The average molecular weight is 565 g/mol. The lowest BCUT2D eigenvalue weighted by Crippen LogP contribution is -2.50. The molecule has 1 aromatic heterocycles. The maximum absolute atomic E-state index is 4.97. The summed E-state index contributed by atoms with van der Waals surface area (Å²) in [4.78, 5) is 14.6. The largest absolute Gasteiger partial charge is 0.363 e. The van der Waals surface area contributed by atoms with Gasteiger partial charge in [0.15, 0.2) is 5.96 Å². The van der Waals surface area contributed by atoms with Crippen molar-refractivity contribution < 1.29 is 0 Å². The Morgan fingerprint density at radius 2 is 1.82 bits per heavy atom. The van der Waals surface area contributed by atoms with Crippen molar-refractivity contribution in [2.75, 3.05) is 38.6 Å². The van der Waals surface area contributed by atoms with E-state index in [0.717, 1.165) is 29.9 Å². The molecule has 1 aliphatic heterocycles. The molecule has 33 heavy (non-hydrogen) atoms. The van der Waals surface area contributed by atoms with Gasteiger partial charge in [-0.3, -0.25) is 0 Å². The summed E-state index contributed by atoms with van der Waals surface area (Å²) in [5.41, 5.74) is 2.24. The number of nitrogens with zero attached hydrogens (tertiary/aromatic N) is 4. The number of hydrogen-bond donors (Lipinski definition) is 2. The summed E-state index contributed by atoms with van der Waals surface area (Å²) in [6.07, 6.45) is 9.46. The number of hydrogen-bond acceptors (Lipinski definition) is 4. The molecule has 2 aliphatic rings. The van der Waals surface area contributed by atoms with E-state index < -0.39 is 0 Å². The van der Waals surface area contributed by atoms with Gasteiger partial charge < -0.3 is 20.4 Å². The summed E-state index contributed by atoms with van der Waals surface area (Å²) in [6, 6.07) is 11.9. The Labute approximate surface area is 216 Å². The number of guanidine groups is 1. The van der Waals surface area contributed by atoms with Crippen LogP contribution in [-0.2, 0) is 6.54 Å². The summed E-state index contributed by atoms with van der Waals surface area (Å²) in [5.74, 6) is 1.90. The minimum atomic E-state index is 0. The Kier molecular flexibility index (Phi) is 10.0. The van der Waals surface area contributed by atoms with Crippen molar-refractivity contribution in [3.05, 3.63) is 35.9 Å². The number of aliphatic imine (C=N–C) groups is 1. The second kappa shape index (κ2) is 12.7. The third-order valence-corrected chi connectivity index (χ3v) is 6.96. The van der Waals surface area contributed by atoms with Crippen LogP contribution in [0.15, 0.2) is 35.3 Å². The molecule has 2 aromatic rings. The first-order valence-corrected chi connectivity index (χ1v) is 12.5. The smallest absolute Gasteiger partial charge is 0.191 e. The average Bonchev–Trinajstić information content (AvgIpc) is 2.83. The second-order valence-corrected chi connectivity index (χ2v) is 9.49. The third kappa shape index (κ3) is 6.94. The molecule has 2 heterocycles. The first-order valence-electron chi connectivity index (χ1n) is 12.5. The molecule has 0 radical (unpaired) electrons. The standard InChI is InChI=1S/C26H40N6.HI/c1-4-27-26(29-21-14-16-32(17-15-21)22-10-6-5-7-11-22)28-19-20-18-25(31(2)3)30-24-13-9-8-12-23(20)24;/h8-9,12-13,18,21-22H,4-7,10-11,14-17,19H2,1-3H3,(H2,27,28,29);1H. The minimum Gasteiger partial charge on any atom is -0.363 e. The summed E-state index contributed by atoms with van der Waals surface area (Å²) in [6.45, 7) is 6.06. The number of pyridine rings is 1. The SMILES string of the molecule is CCNC(=NCc1cc(N(C)C)nc2ccccc12)NC1CCN(C2CCCCC2)CC1.I. The van der Waals surface area contributed by atoms with Crippen molar-refractivity contribution in [2.24, 2.45) is 4.99 Å². The van der Waals surface area contributed by atoms with Crippen LogP contribution in [0.1, 0.15) is 57.4 Å². The minimum absolute atomic E-state index is 0. The monoisotopic (exact) mass is 564 g/mol. The number of benzene rings is 1. The van der Waals surface area contributed by atoms with Crippen molar-refractivity contribution in [1.29, 1.82) is 0 Å². The fourth-order valence-corrected chi connectivity index (χ4v) is 5.12. The highest BCUT2D eigenvalue weighted by molar-refractivity contribution is 14.0. The molecule has 6 nitrogen and oxygen atoms in total. The Balaban J connectivity index is 0.00000306. The highest BCUT2D eigenvalue weighted by Gasteiger charge is 2.26. The zero-order valence-corrected chi connectivity index (χ0v) is 22.8. The fraction of sp³-hybridized carbons (Fsp3) is 0.615. The molecule has 0 amide bonds. The lowest BCUT2D eigenvalue weighted by molar-refractivity contribution is 0.119. The van der Waals surface area contributed by atoms with E-state index in [-0.39, 0.29) is 24.0 Å². The van der Waals surface area contributed by atoms with Crippen LogP contribution >= 0.6 is 24.0 Å². The fourth-order valence-electron chi connectivity index (χ4n) is 5.12. The van der Waals surface area contributed by atoms with Gasteiger partial charge in [0.1, 0.15) is 5.82 Å². The second-order valence-electron chi connectivity index (χ2n) is 9.49. The van der Waals surface area contributed by atoms with Gasteiger partial charge in [0.25, 0.3) is 0 Å². The van der Waals surface area contributed by atoms with E-state index in [2.05, 4.69) is 51.6 Å². The number of piperidine rings is 1. The Morgan fingerprint density at radius 1 is 1.09 bits per heavy atom. The predicted octanol–water partition coefficient (Wildman–Crippen LogP) is 4.77. The molecular formula is C26H41IN6. The molecular weight excluding hydrogens is 523 g/mol. The highest BCUT2D eigenvalue weighted by atomic mass is 127. The maximum Gasteiger partial charge on any atom is 0.191 e. The Morgan fingerprint density at radius 3 is 2.52 bits per heavy atom. The molecule has 0 atom stereocenters. The normalized spacial score (nSPS) is 18.7. The van der Waals surface area contributed by atoms with E-state index in [1.807, 2.05) is 20.2 Å². The van der Waals surface area contributed by atoms with Crippen molar-refractivity contribution in [3.8, 4) is 0 Å². The van der Waals surface area contributed by atoms with Gasteiger partial charge in [-0.15, -0.1) is 24.0 Å². The molecule has 7 heteroatoms. The van der Waals surface area contributed by atoms with Crippen LogP contribution < -0.4 is 15.5 Å². The molecule has 0 bridgehead atoms. The Hall–Kier alpha value is -1.61. The van der Waals surface area contributed by atoms with Gasteiger partial charge >= 0.3 is 0 Å². The molecule has 0 spiro atoms. The number of fused-ring (bicyclic) bond motifs is 1. The van der Waals surface area contributed by atoms with Gasteiger partial charge in [-0.25, -0.2) is 9.98 Å². The van der Waals surface area contributed by atoms with E-state index in [9.17, 15) is 0 Å². The molecule has 2 fully saturated rings. The number of anilines is 1. The lowest BCUT2D eigenvalue weighted by Gasteiger charge is -2.39. The molecule has 1 aromatic carbocycles. The Bertz CT molecular complexity index is 901. The van der Waals surface area contributed by atoms with Gasteiger partial charge in [-0.1, -0.05) is 37.5 Å². The molecule has 1 aliphatic carbocycles. The van der Waals surface area contributed by atoms with Crippen LogP contribution in [0.3, 0.4) is 0 Å². The number of likely N-dealkylation sites (tertiary alicyclic amines) is 1. The molecule has 1 saturated heterocycles. The number of nitrogens with one attached hydrogen (secondary N) is 2. The van der Waals surface area contributed by atoms with Gasteiger partial charge in [-0.2, -0.15) is 0 Å². The molecule has 2 N–H and O–H groups in total. The van der Waals surface area contributed by atoms with E-state index in [0.29, 0.717) is 12.6 Å². The van der Waals surface area contributed by atoms with Crippen LogP contribution in [0.25, 0.3) is 10.9 Å². The van der Waals surface area contributed by atoms with Crippen LogP contribution in [0, 0.1) is 0 Å². The van der Waals surface area contributed by atoms with Crippen LogP contribution in [0.4, 0.5) is 5.82 Å². The number of rotatable bonds is 6. The quantitative estimate of drug-likeness (QED) is 0.301. The van der Waals surface area contributed by atoms with Gasteiger partial charge in [0.2, 0.25) is 0 Å². The van der Waals surface area contributed by atoms with Crippen molar-refractivity contribution in [3.63, 3.8) is 0 Å². The van der Waals surface area contributed by atoms with Crippen LogP contribution in [0.5, 0.6) is 0 Å². The summed E-state index contributed by atoms with van der Waals surface area (Å²) in [5, 5.41) is 8.36.